The van der Waals surface area contributed by atoms with E-state index >= 15 is 0 Å². The minimum atomic E-state index is 0.589. The van der Waals surface area contributed by atoms with Crippen molar-refractivity contribution >= 4 is 11.8 Å². The highest BCUT2D eigenvalue weighted by Gasteiger charge is 2.33. The summed E-state index contributed by atoms with van der Waals surface area (Å²) in [5.41, 5.74) is 1.26. The molecule has 3 rings (SSSR count). The molecule has 5 heteroatoms. The van der Waals surface area contributed by atoms with Gasteiger partial charge in [-0.15, -0.1) is 0 Å². The van der Waals surface area contributed by atoms with Gasteiger partial charge in [0.05, 0.1) is 0 Å². The van der Waals surface area contributed by atoms with Crippen LogP contribution in [-0.2, 0) is 6.54 Å². The van der Waals surface area contributed by atoms with E-state index in [4.69, 9.17) is 0 Å². The average Bonchev–Trinajstić information content (AvgIpc) is 3.33. The zero-order chi connectivity index (χ0) is 16.1. The smallest absolute Gasteiger partial charge is 0.191 e. The van der Waals surface area contributed by atoms with Gasteiger partial charge in [0.15, 0.2) is 5.96 Å². The Morgan fingerprint density at radius 2 is 2.04 bits per heavy atom. The minimum absolute atomic E-state index is 0.589. The first-order chi connectivity index (χ1) is 11.3. The first kappa shape index (κ1) is 16.1. The van der Waals surface area contributed by atoms with E-state index in [9.17, 15) is 0 Å². The molecule has 1 aliphatic carbocycles. The van der Waals surface area contributed by atoms with E-state index in [0.29, 0.717) is 6.04 Å². The molecule has 23 heavy (non-hydrogen) atoms. The van der Waals surface area contributed by atoms with Crippen molar-refractivity contribution in [1.82, 2.24) is 15.6 Å². The van der Waals surface area contributed by atoms with Gasteiger partial charge >= 0.3 is 0 Å². The zero-order valence-electron chi connectivity index (χ0n) is 14.4. The molecule has 1 saturated carbocycles. The molecule has 0 spiro atoms. The Kier molecular flexibility index (Phi) is 5.36. The molecule has 1 aromatic heterocycles. The number of pyridine rings is 1. The van der Waals surface area contributed by atoms with Gasteiger partial charge in [-0.1, -0.05) is 19.8 Å². The molecule has 0 radical (unpaired) electrons. The van der Waals surface area contributed by atoms with Crippen molar-refractivity contribution in [3.8, 4) is 0 Å². The van der Waals surface area contributed by atoms with Crippen molar-refractivity contribution in [2.45, 2.75) is 51.6 Å². The second kappa shape index (κ2) is 7.66. The Bertz CT molecular complexity index is 534. The largest absolute Gasteiger partial charge is 0.357 e. The van der Waals surface area contributed by atoms with Gasteiger partial charge in [-0.2, -0.15) is 0 Å². The lowest BCUT2D eigenvalue weighted by molar-refractivity contribution is 0.726. The van der Waals surface area contributed by atoms with Gasteiger partial charge in [0.25, 0.3) is 0 Å². The lowest BCUT2D eigenvalue weighted by Gasteiger charge is -2.22. The van der Waals surface area contributed by atoms with Crippen LogP contribution in [0.15, 0.2) is 23.3 Å². The third-order valence-electron chi connectivity index (χ3n) is 4.86. The van der Waals surface area contributed by atoms with Gasteiger partial charge < -0.3 is 15.5 Å². The molecule has 0 aromatic carbocycles. The molecule has 126 valence electrons. The van der Waals surface area contributed by atoms with Gasteiger partial charge in [-0.3, -0.25) is 4.99 Å². The van der Waals surface area contributed by atoms with E-state index in [1.807, 2.05) is 13.2 Å². The van der Waals surface area contributed by atoms with Crippen LogP contribution in [0.3, 0.4) is 0 Å². The van der Waals surface area contributed by atoms with Gasteiger partial charge in [0.2, 0.25) is 0 Å². The fourth-order valence-electron chi connectivity index (χ4n) is 3.12. The predicted octanol–water partition coefficient (Wildman–Crippen LogP) is 2.54. The van der Waals surface area contributed by atoms with Crippen LogP contribution in [0.25, 0.3) is 0 Å². The maximum Gasteiger partial charge on any atom is 0.191 e. The SMILES string of the molecule is CN=C(NCc1ccnc(N2CCCCCC2)c1)NC1CC1C. The van der Waals surface area contributed by atoms with Crippen molar-refractivity contribution in [3.05, 3.63) is 23.9 Å². The van der Waals surface area contributed by atoms with Crippen LogP contribution >= 0.6 is 0 Å². The molecule has 0 amide bonds. The van der Waals surface area contributed by atoms with Crippen LogP contribution in [-0.4, -0.2) is 37.1 Å². The summed E-state index contributed by atoms with van der Waals surface area (Å²) < 4.78 is 0. The summed E-state index contributed by atoms with van der Waals surface area (Å²) in [6.45, 7) is 5.31. The molecular formula is C18H29N5. The Hall–Kier alpha value is -1.78. The number of hydrogen-bond donors (Lipinski definition) is 2. The third kappa shape index (κ3) is 4.60. The quantitative estimate of drug-likeness (QED) is 0.662. The molecule has 1 aromatic rings. The number of nitrogens with zero attached hydrogens (tertiary/aromatic N) is 3. The van der Waals surface area contributed by atoms with Gasteiger partial charge in [-0.25, -0.2) is 4.98 Å². The first-order valence-corrected chi connectivity index (χ1v) is 8.93. The molecule has 0 bridgehead atoms. The van der Waals surface area contributed by atoms with Crippen LogP contribution in [0.1, 0.15) is 44.6 Å². The maximum atomic E-state index is 4.57. The number of hydrogen-bond acceptors (Lipinski definition) is 3. The summed E-state index contributed by atoms with van der Waals surface area (Å²) in [6, 6.07) is 4.89. The van der Waals surface area contributed by atoms with Crippen molar-refractivity contribution in [1.29, 1.82) is 0 Å². The molecule has 5 nitrogen and oxygen atoms in total. The molecule has 1 saturated heterocycles. The normalized spacial score (nSPS) is 25.0. The maximum absolute atomic E-state index is 4.57. The van der Waals surface area contributed by atoms with Crippen LogP contribution in [0, 0.1) is 5.92 Å². The van der Waals surface area contributed by atoms with Crippen LogP contribution in [0.2, 0.25) is 0 Å². The van der Waals surface area contributed by atoms with E-state index in [0.717, 1.165) is 37.3 Å². The molecule has 2 atom stereocenters. The highest BCUT2D eigenvalue weighted by molar-refractivity contribution is 5.80. The van der Waals surface area contributed by atoms with Crippen LogP contribution in [0.5, 0.6) is 0 Å². The fourth-order valence-corrected chi connectivity index (χ4v) is 3.12. The number of guanidine groups is 1. The minimum Gasteiger partial charge on any atom is -0.357 e. The Morgan fingerprint density at radius 3 is 2.70 bits per heavy atom. The number of aromatic nitrogens is 1. The second-order valence-corrected chi connectivity index (χ2v) is 6.81. The summed E-state index contributed by atoms with van der Waals surface area (Å²) in [7, 11) is 1.83. The van der Waals surface area contributed by atoms with Crippen molar-refractivity contribution < 1.29 is 0 Å². The highest BCUT2D eigenvalue weighted by Crippen LogP contribution is 2.28. The summed E-state index contributed by atoms with van der Waals surface area (Å²) in [5, 5.41) is 6.87. The van der Waals surface area contributed by atoms with E-state index in [1.54, 1.807) is 0 Å². The number of nitrogens with one attached hydrogen (secondary N) is 2. The zero-order valence-corrected chi connectivity index (χ0v) is 14.4. The van der Waals surface area contributed by atoms with Crippen molar-refractivity contribution in [2.75, 3.05) is 25.0 Å². The van der Waals surface area contributed by atoms with E-state index in [2.05, 4.69) is 44.6 Å². The van der Waals surface area contributed by atoms with Crippen LogP contribution in [0.4, 0.5) is 5.82 Å². The van der Waals surface area contributed by atoms with Crippen molar-refractivity contribution in [2.24, 2.45) is 10.9 Å². The summed E-state index contributed by atoms with van der Waals surface area (Å²) >= 11 is 0. The second-order valence-electron chi connectivity index (χ2n) is 6.81. The molecule has 2 unspecified atom stereocenters. The molecule has 2 N–H and O–H groups in total. The molecule has 2 fully saturated rings. The summed E-state index contributed by atoms with van der Waals surface area (Å²) in [4.78, 5) is 11.3. The molecule has 2 aliphatic rings. The Morgan fingerprint density at radius 1 is 1.30 bits per heavy atom. The number of anilines is 1. The van der Waals surface area contributed by atoms with Crippen molar-refractivity contribution in [3.63, 3.8) is 0 Å². The Labute approximate surface area is 139 Å². The molecule has 1 aliphatic heterocycles. The number of aliphatic imine (C=N–C) groups is 1. The monoisotopic (exact) mass is 315 g/mol. The van der Waals surface area contributed by atoms with Gasteiger partial charge in [0.1, 0.15) is 5.82 Å². The molecular weight excluding hydrogens is 286 g/mol. The average molecular weight is 315 g/mol. The van der Waals surface area contributed by atoms with E-state index in [-0.39, 0.29) is 0 Å². The summed E-state index contributed by atoms with van der Waals surface area (Å²) in [6.07, 6.45) is 8.42. The van der Waals surface area contributed by atoms with Gasteiger partial charge in [0, 0.05) is 38.9 Å². The van der Waals surface area contributed by atoms with E-state index in [1.165, 1.54) is 37.7 Å². The lowest BCUT2D eigenvalue weighted by Crippen LogP contribution is -2.38. The fraction of sp³-hybridized carbons (Fsp3) is 0.667. The topological polar surface area (TPSA) is 52.6 Å². The van der Waals surface area contributed by atoms with Gasteiger partial charge in [-0.05, 0) is 42.9 Å². The Balaban J connectivity index is 1.56. The van der Waals surface area contributed by atoms with E-state index < -0.39 is 0 Å². The standard InChI is InChI=1S/C18H29N5/c1-14-11-16(14)22-18(19-2)21-13-15-7-8-20-17(12-15)23-9-5-3-4-6-10-23/h7-8,12,14,16H,3-6,9-11,13H2,1-2H3,(H2,19,21,22). The first-order valence-electron chi connectivity index (χ1n) is 8.93. The predicted molar refractivity (Wildman–Crippen MR) is 95.8 cm³/mol. The lowest BCUT2D eigenvalue weighted by atomic mass is 10.2. The summed E-state index contributed by atoms with van der Waals surface area (Å²) in [5.74, 6) is 2.78. The third-order valence-corrected chi connectivity index (χ3v) is 4.86. The number of rotatable bonds is 4. The highest BCUT2D eigenvalue weighted by atomic mass is 15.2. The van der Waals surface area contributed by atoms with Crippen LogP contribution < -0.4 is 15.5 Å². The molecule has 2 heterocycles.